The lowest BCUT2D eigenvalue weighted by Gasteiger charge is -2.48. The third-order valence-corrected chi connectivity index (χ3v) is 6.37. The molecule has 1 saturated carbocycles. The molecule has 1 aliphatic carbocycles. The molecule has 0 radical (unpaired) electrons. The lowest BCUT2D eigenvalue weighted by atomic mass is 9.84. The molecule has 13 N–H and O–H groups in total. The van der Waals surface area contributed by atoms with Gasteiger partial charge >= 0.3 is 10.4 Å². The van der Waals surface area contributed by atoms with Gasteiger partial charge in [0.15, 0.2) is 6.29 Å². The molecule has 2 fully saturated rings. The van der Waals surface area contributed by atoms with Crippen molar-refractivity contribution < 1.29 is 51.8 Å². The predicted octanol–water partition coefficient (Wildman–Crippen LogP) is -4.24. The van der Waals surface area contributed by atoms with Gasteiger partial charge in [-0.2, -0.15) is 8.42 Å². The Hall–Kier alpha value is -1.03. The number of rotatable bonds is 7. The smallest absolute Gasteiger partial charge is 0.394 e. The molecule has 11 atom stereocenters. The van der Waals surface area contributed by atoms with E-state index in [1.807, 2.05) is 6.08 Å². The molecule has 16 nitrogen and oxygen atoms in total. The van der Waals surface area contributed by atoms with Gasteiger partial charge in [0.2, 0.25) is 6.29 Å². The Kier molecular flexibility index (Phi) is 11.6. The zero-order valence-corrected chi connectivity index (χ0v) is 21.8. The summed E-state index contributed by atoms with van der Waals surface area (Å²) in [5.74, 6) is 0.700. The number of nitrogens with one attached hydrogen (secondary N) is 2. The number of aliphatic hydroxyl groups excluding tert-OH is 2. The fourth-order valence-electron chi connectivity index (χ4n) is 4.59. The summed E-state index contributed by atoms with van der Waals surface area (Å²) < 4.78 is 54.9. The average molecular weight is 560 g/mol. The second-order valence-corrected chi connectivity index (χ2v) is 10.5. The number of hydrogen-bond acceptors (Lipinski definition) is 14. The molecule has 11 unspecified atom stereocenters. The van der Waals surface area contributed by atoms with Gasteiger partial charge in [0.05, 0.1) is 25.2 Å². The van der Waals surface area contributed by atoms with Gasteiger partial charge in [-0.3, -0.25) is 9.11 Å². The van der Waals surface area contributed by atoms with E-state index in [1.54, 1.807) is 21.0 Å². The monoisotopic (exact) mass is 559 g/mol. The summed E-state index contributed by atoms with van der Waals surface area (Å²) in [6.45, 7) is 2.01. The minimum absolute atomic E-state index is 0.0664. The lowest BCUT2D eigenvalue weighted by molar-refractivity contribution is -0.303. The summed E-state index contributed by atoms with van der Waals surface area (Å²) in [5, 5.41) is 38.0. The molecule has 0 amide bonds. The normalized spacial score (nSPS) is 42.7. The van der Waals surface area contributed by atoms with E-state index in [0.29, 0.717) is 25.1 Å². The zero-order valence-electron chi connectivity index (χ0n) is 21.0. The summed E-state index contributed by atoms with van der Waals surface area (Å²) in [7, 11) is -1.24. The first-order valence-corrected chi connectivity index (χ1v) is 13.1. The Labute approximate surface area is 216 Å². The Morgan fingerprint density at radius 3 is 2.11 bits per heavy atom. The number of nitrogens with two attached hydrogens (primary N) is 3. The van der Waals surface area contributed by atoms with Crippen molar-refractivity contribution in [2.24, 2.45) is 17.2 Å². The van der Waals surface area contributed by atoms with Gasteiger partial charge in [-0.15, -0.1) is 0 Å². The van der Waals surface area contributed by atoms with Crippen LogP contribution in [0.2, 0.25) is 0 Å². The topological polar surface area (TPSA) is 274 Å². The fourth-order valence-corrected chi connectivity index (χ4v) is 4.59. The molecular formula is C20H41N5O11S. The molecule has 2 aliphatic heterocycles. The maximum Gasteiger partial charge on any atom is 0.394 e. The minimum Gasteiger partial charge on any atom is -0.467 e. The minimum atomic E-state index is -4.67. The predicted molar refractivity (Wildman–Crippen MR) is 129 cm³/mol. The Morgan fingerprint density at radius 2 is 1.59 bits per heavy atom. The van der Waals surface area contributed by atoms with Crippen LogP contribution in [0.15, 0.2) is 11.8 Å². The molecule has 0 bridgehead atoms. The van der Waals surface area contributed by atoms with Crippen LogP contribution in [-0.4, -0.2) is 127 Å². The number of hydrogen-bond donors (Lipinski definition) is 10. The van der Waals surface area contributed by atoms with Gasteiger partial charge in [-0.05, 0) is 39.9 Å². The highest BCUT2D eigenvalue weighted by atomic mass is 32.3. The van der Waals surface area contributed by atoms with E-state index in [-0.39, 0.29) is 6.61 Å². The third kappa shape index (κ3) is 9.01. The molecule has 17 heteroatoms. The Balaban J connectivity index is 0.000000877. The van der Waals surface area contributed by atoms with Crippen molar-refractivity contribution in [2.45, 2.75) is 86.5 Å². The van der Waals surface area contributed by atoms with Crippen LogP contribution in [0, 0.1) is 0 Å². The summed E-state index contributed by atoms with van der Waals surface area (Å²) in [6, 6.07) is -2.31. The lowest BCUT2D eigenvalue weighted by Crippen LogP contribution is -2.68. The van der Waals surface area contributed by atoms with Crippen molar-refractivity contribution in [3.63, 3.8) is 0 Å². The summed E-state index contributed by atoms with van der Waals surface area (Å²) >= 11 is 0. The molecule has 1 saturated heterocycles. The van der Waals surface area contributed by atoms with E-state index in [0.717, 1.165) is 0 Å². The van der Waals surface area contributed by atoms with E-state index in [2.05, 4.69) is 10.6 Å². The van der Waals surface area contributed by atoms with Gasteiger partial charge in [-0.1, -0.05) is 0 Å². The van der Waals surface area contributed by atoms with Crippen molar-refractivity contribution in [1.82, 2.24) is 10.6 Å². The molecule has 0 spiro atoms. The first kappa shape index (κ1) is 32.2. The highest BCUT2D eigenvalue weighted by Gasteiger charge is 2.50. The van der Waals surface area contributed by atoms with Crippen molar-refractivity contribution in [3.05, 3.63) is 11.8 Å². The molecular weight excluding hydrogens is 518 g/mol. The first-order valence-electron chi connectivity index (χ1n) is 11.7. The number of aliphatic hydroxyl groups is 3. The van der Waals surface area contributed by atoms with Crippen LogP contribution in [0.3, 0.4) is 0 Å². The number of ether oxygens (including phenoxy) is 4. The maximum atomic E-state index is 11.1. The standard InChI is InChI=1S/C20H39N5O7.H2O4S/c1-20(28)8-29-19(14(27)17(20)25-3)32-16-12(23)6-11(22)15(13(16)26)31-18-10(21)5-4-9(30-18)7-24-2;1-5(2,3)4/h4,10-19,24-28H,5-8,21-23H2,1-3H3;(H2,1,2,3,4). The zero-order chi connectivity index (χ0) is 28.1. The van der Waals surface area contributed by atoms with Crippen LogP contribution in [0.5, 0.6) is 0 Å². The SMILES string of the molecule is CNCC1=CCC(N)C(OC2C(N)CC(N)C(OC3OCC(C)(O)C(NC)C3O)C2O)O1.O=S(=O)(O)O. The van der Waals surface area contributed by atoms with Gasteiger partial charge in [-0.25, -0.2) is 0 Å². The second kappa shape index (κ2) is 13.4. The second-order valence-electron chi connectivity index (χ2n) is 9.58. The Bertz CT molecular complexity index is 856. The van der Waals surface area contributed by atoms with E-state index < -0.39 is 77.2 Å². The number of likely N-dealkylation sites (N-methyl/N-ethyl adjacent to an activating group) is 2. The quantitative estimate of drug-likeness (QED) is 0.132. The van der Waals surface area contributed by atoms with Crippen molar-refractivity contribution in [3.8, 4) is 0 Å². The van der Waals surface area contributed by atoms with Crippen LogP contribution in [0.25, 0.3) is 0 Å². The molecule has 0 aromatic carbocycles. The summed E-state index contributed by atoms with van der Waals surface area (Å²) in [5.41, 5.74) is 17.3. The van der Waals surface area contributed by atoms with Gasteiger partial charge < -0.3 is 62.1 Å². The highest BCUT2D eigenvalue weighted by molar-refractivity contribution is 7.79. The van der Waals surface area contributed by atoms with Gasteiger partial charge in [0, 0.05) is 12.1 Å². The van der Waals surface area contributed by atoms with E-state index in [1.165, 1.54) is 0 Å². The summed E-state index contributed by atoms with van der Waals surface area (Å²) in [4.78, 5) is 0. The largest absolute Gasteiger partial charge is 0.467 e. The molecule has 3 rings (SSSR count). The average Bonchev–Trinajstić information content (AvgIpc) is 2.76. The van der Waals surface area contributed by atoms with E-state index >= 15 is 0 Å². The van der Waals surface area contributed by atoms with Gasteiger partial charge in [0.1, 0.15) is 35.8 Å². The van der Waals surface area contributed by atoms with Crippen LogP contribution in [0.1, 0.15) is 19.8 Å². The molecule has 218 valence electrons. The molecule has 2 heterocycles. The molecule has 3 aliphatic rings. The third-order valence-electron chi connectivity index (χ3n) is 6.37. The molecule has 37 heavy (non-hydrogen) atoms. The van der Waals surface area contributed by atoms with Gasteiger partial charge in [0.25, 0.3) is 0 Å². The van der Waals surface area contributed by atoms with Crippen molar-refractivity contribution in [2.75, 3.05) is 27.2 Å². The Morgan fingerprint density at radius 1 is 1.05 bits per heavy atom. The highest BCUT2D eigenvalue weighted by Crippen LogP contribution is 2.31. The van der Waals surface area contributed by atoms with Crippen molar-refractivity contribution >= 4 is 10.4 Å². The van der Waals surface area contributed by atoms with Crippen LogP contribution in [-0.2, 0) is 29.3 Å². The van der Waals surface area contributed by atoms with E-state index in [4.69, 9.17) is 53.7 Å². The fraction of sp³-hybridized carbons (Fsp3) is 0.900. The molecule has 0 aromatic heterocycles. The van der Waals surface area contributed by atoms with E-state index in [9.17, 15) is 15.3 Å². The van der Waals surface area contributed by atoms with Crippen molar-refractivity contribution in [1.29, 1.82) is 0 Å². The first-order chi connectivity index (χ1) is 17.1. The van der Waals surface area contributed by atoms with Crippen LogP contribution >= 0.6 is 0 Å². The summed E-state index contributed by atoms with van der Waals surface area (Å²) in [6.07, 6.45) is -3.31. The van der Waals surface area contributed by atoms with Crippen LogP contribution < -0.4 is 27.8 Å². The maximum absolute atomic E-state index is 11.1. The van der Waals surface area contributed by atoms with Crippen LogP contribution in [0.4, 0.5) is 0 Å². The molecule has 0 aromatic rings.